The van der Waals surface area contributed by atoms with Crippen LogP contribution in [0.5, 0.6) is 0 Å². The first kappa shape index (κ1) is 19.9. The summed E-state index contributed by atoms with van der Waals surface area (Å²) >= 11 is 5.97. The number of halogens is 1. The van der Waals surface area contributed by atoms with Gasteiger partial charge in [-0.2, -0.15) is 5.26 Å². The number of nitriles is 1. The molecule has 1 N–H and O–H groups in total. The Morgan fingerprint density at radius 2 is 1.82 bits per heavy atom. The Labute approximate surface area is 169 Å². The lowest BCUT2D eigenvalue weighted by molar-refractivity contribution is -0.121. The Morgan fingerprint density at radius 3 is 2.50 bits per heavy atom. The highest BCUT2D eigenvalue weighted by molar-refractivity contribution is 6.30. The van der Waals surface area contributed by atoms with Gasteiger partial charge in [-0.3, -0.25) is 14.5 Å². The number of piperazine rings is 1. The van der Waals surface area contributed by atoms with Crippen molar-refractivity contribution in [2.75, 3.05) is 31.5 Å². The first-order valence-electron chi connectivity index (χ1n) is 9.08. The van der Waals surface area contributed by atoms with Gasteiger partial charge in [0.1, 0.15) is 0 Å². The number of rotatable bonds is 4. The molecular weight excluding hydrogens is 376 g/mol. The number of nitrogens with zero attached hydrogens (tertiary/aromatic N) is 3. The van der Waals surface area contributed by atoms with Gasteiger partial charge >= 0.3 is 0 Å². The predicted molar refractivity (Wildman–Crippen MR) is 108 cm³/mol. The highest BCUT2D eigenvalue weighted by Gasteiger charge is 2.28. The van der Waals surface area contributed by atoms with E-state index in [1.54, 1.807) is 53.4 Å². The van der Waals surface area contributed by atoms with Crippen LogP contribution in [-0.4, -0.2) is 53.8 Å². The maximum absolute atomic E-state index is 12.6. The van der Waals surface area contributed by atoms with Gasteiger partial charge in [0, 0.05) is 42.5 Å². The van der Waals surface area contributed by atoms with Crippen molar-refractivity contribution >= 4 is 29.1 Å². The van der Waals surface area contributed by atoms with Gasteiger partial charge in [0.05, 0.1) is 17.7 Å². The monoisotopic (exact) mass is 396 g/mol. The molecule has 3 rings (SSSR count). The molecule has 0 spiro atoms. The van der Waals surface area contributed by atoms with Gasteiger partial charge in [-0.15, -0.1) is 0 Å². The molecule has 2 amide bonds. The predicted octanol–water partition coefficient (Wildman–Crippen LogP) is 3.00. The third-order valence-corrected chi connectivity index (χ3v) is 5.09. The summed E-state index contributed by atoms with van der Waals surface area (Å²) in [6.07, 6.45) is 0. The molecule has 0 aliphatic carbocycles. The average Bonchev–Trinajstić information content (AvgIpc) is 2.73. The van der Waals surface area contributed by atoms with Crippen molar-refractivity contribution in [3.63, 3.8) is 0 Å². The fourth-order valence-corrected chi connectivity index (χ4v) is 3.39. The molecular formula is C21H21ClN4O2. The molecule has 0 radical (unpaired) electrons. The SMILES string of the molecule is CC(C(=O)Nc1cccc(C#N)c1)N1CCN(C(=O)c2cccc(Cl)c2)CC1. The lowest BCUT2D eigenvalue weighted by atomic mass is 10.1. The van der Waals surface area contributed by atoms with E-state index >= 15 is 0 Å². The number of hydrogen-bond donors (Lipinski definition) is 1. The summed E-state index contributed by atoms with van der Waals surface area (Å²) in [5.41, 5.74) is 1.67. The molecule has 7 heteroatoms. The summed E-state index contributed by atoms with van der Waals surface area (Å²) in [5.74, 6) is -0.183. The van der Waals surface area contributed by atoms with E-state index in [0.29, 0.717) is 48.0 Å². The highest BCUT2D eigenvalue weighted by atomic mass is 35.5. The van der Waals surface area contributed by atoms with Crippen molar-refractivity contribution in [3.8, 4) is 6.07 Å². The van der Waals surface area contributed by atoms with Crippen molar-refractivity contribution in [2.45, 2.75) is 13.0 Å². The van der Waals surface area contributed by atoms with E-state index in [4.69, 9.17) is 16.9 Å². The minimum Gasteiger partial charge on any atom is -0.336 e. The maximum atomic E-state index is 12.6. The van der Waals surface area contributed by atoms with Gasteiger partial charge in [0.2, 0.25) is 5.91 Å². The van der Waals surface area contributed by atoms with Gasteiger partial charge in [0.25, 0.3) is 5.91 Å². The molecule has 144 valence electrons. The largest absolute Gasteiger partial charge is 0.336 e. The Kier molecular flexibility index (Phi) is 6.30. The second-order valence-electron chi connectivity index (χ2n) is 6.70. The highest BCUT2D eigenvalue weighted by Crippen LogP contribution is 2.16. The third kappa shape index (κ3) is 4.69. The zero-order valence-corrected chi connectivity index (χ0v) is 16.3. The summed E-state index contributed by atoms with van der Waals surface area (Å²) in [7, 11) is 0. The standard InChI is InChI=1S/C21H21ClN4O2/c1-15(20(27)24-19-7-2-4-16(12-19)14-23)25-8-10-26(11-9-25)21(28)17-5-3-6-18(22)13-17/h2-7,12-13,15H,8-11H2,1H3,(H,24,27). The maximum Gasteiger partial charge on any atom is 0.253 e. The molecule has 0 saturated carbocycles. The smallest absolute Gasteiger partial charge is 0.253 e. The third-order valence-electron chi connectivity index (χ3n) is 4.86. The number of anilines is 1. The fourth-order valence-electron chi connectivity index (χ4n) is 3.20. The normalized spacial score (nSPS) is 15.5. The molecule has 1 saturated heterocycles. The molecule has 1 unspecified atom stereocenters. The minimum atomic E-state index is -0.339. The van der Waals surface area contributed by atoms with E-state index in [-0.39, 0.29) is 17.9 Å². The molecule has 1 heterocycles. The van der Waals surface area contributed by atoms with Crippen LogP contribution in [0, 0.1) is 11.3 Å². The summed E-state index contributed by atoms with van der Waals surface area (Å²) in [4.78, 5) is 29.0. The Balaban J connectivity index is 1.55. The number of hydrogen-bond acceptors (Lipinski definition) is 4. The Bertz CT molecular complexity index is 917. The van der Waals surface area contributed by atoms with Crippen LogP contribution in [0.4, 0.5) is 5.69 Å². The van der Waals surface area contributed by atoms with Crippen molar-refractivity contribution < 1.29 is 9.59 Å². The zero-order chi connectivity index (χ0) is 20.1. The molecule has 28 heavy (non-hydrogen) atoms. The van der Waals surface area contributed by atoms with Gasteiger partial charge in [-0.1, -0.05) is 23.7 Å². The van der Waals surface area contributed by atoms with E-state index in [1.165, 1.54) is 0 Å². The Hall–Kier alpha value is -2.88. The first-order chi connectivity index (χ1) is 13.5. The van der Waals surface area contributed by atoms with E-state index in [2.05, 4.69) is 11.4 Å². The Morgan fingerprint density at radius 1 is 1.11 bits per heavy atom. The van der Waals surface area contributed by atoms with Crippen molar-refractivity contribution in [2.24, 2.45) is 0 Å². The molecule has 0 bridgehead atoms. The summed E-state index contributed by atoms with van der Waals surface area (Å²) in [6.45, 7) is 4.16. The topological polar surface area (TPSA) is 76.4 Å². The lowest BCUT2D eigenvalue weighted by Crippen LogP contribution is -2.54. The number of amides is 2. The van der Waals surface area contributed by atoms with Crippen LogP contribution in [0.2, 0.25) is 5.02 Å². The fraction of sp³-hybridized carbons (Fsp3) is 0.286. The molecule has 0 aromatic heterocycles. The van der Waals surface area contributed by atoms with Crippen LogP contribution < -0.4 is 5.32 Å². The van der Waals surface area contributed by atoms with Crippen molar-refractivity contribution in [3.05, 3.63) is 64.7 Å². The van der Waals surface area contributed by atoms with Gasteiger partial charge in [-0.25, -0.2) is 0 Å². The van der Waals surface area contributed by atoms with E-state index in [0.717, 1.165) is 0 Å². The molecule has 2 aromatic rings. The second kappa shape index (κ2) is 8.87. The van der Waals surface area contributed by atoms with E-state index < -0.39 is 0 Å². The van der Waals surface area contributed by atoms with E-state index in [9.17, 15) is 9.59 Å². The molecule has 1 aliphatic heterocycles. The van der Waals surface area contributed by atoms with Crippen LogP contribution in [0.3, 0.4) is 0 Å². The van der Waals surface area contributed by atoms with E-state index in [1.807, 2.05) is 11.8 Å². The van der Waals surface area contributed by atoms with Crippen molar-refractivity contribution in [1.29, 1.82) is 5.26 Å². The lowest BCUT2D eigenvalue weighted by Gasteiger charge is -2.37. The molecule has 1 atom stereocenters. The van der Waals surface area contributed by atoms with Crippen LogP contribution >= 0.6 is 11.6 Å². The van der Waals surface area contributed by atoms with Gasteiger partial charge in [0.15, 0.2) is 0 Å². The van der Waals surface area contributed by atoms with Crippen LogP contribution in [0.25, 0.3) is 0 Å². The minimum absolute atomic E-state index is 0.0485. The summed E-state index contributed by atoms with van der Waals surface area (Å²) in [6, 6.07) is 15.5. The van der Waals surface area contributed by atoms with Gasteiger partial charge < -0.3 is 10.2 Å². The number of nitrogens with one attached hydrogen (secondary N) is 1. The quantitative estimate of drug-likeness (QED) is 0.861. The van der Waals surface area contributed by atoms with Crippen LogP contribution in [-0.2, 0) is 4.79 Å². The molecule has 1 fully saturated rings. The van der Waals surface area contributed by atoms with Gasteiger partial charge in [-0.05, 0) is 43.3 Å². The first-order valence-corrected chi connectivity index (χ1v) is 9.45. The molecule has 1 aliphatic rings. The average molecular weight is 397 g/mol. The number of carbonyl (C=O) groups excluding carboxylic acids is 2. The summed E-state index contributed by atoms with van der Waals surface area (Å²) in [5, 5.41) is 12.4. The summed E-state index contributed by atoms with van der Waals surface area (Å²) < 4.78 is 0. The molecule has 6 nitrogen and oxygen atoms in total. The van der Waals surface area contributed by atoms with Crippen LogP contribution in [0.15, 0.2) is 48.5 Å². The molecule has 2 aromatic carbocycles. The number of carbonyl (C=O) groups is 2. The van der Waals surface area contributed by atoms with Crippen molar-refractivity contribution in [1.82, 2.24) is 9.80 Å². The zero-order valence-electron chi connectivity index (χ0n) is 15.6. The van der Waals surface area contributed by atoms with Crippen LogP contribution in [0.1, 0.15) is 22.8 Å². The second-order valence-corrected chi connectivity index (χ2v) is 7.13. The number of benzene rings is 2.